The Morgan fingerprint density at radius 2 is 1.61 bits per heavy atom. The van der Waals surface area contributed by atoms with Crippen LogP contribution in [0.15, 0.2) is 83.8 Å². The second-order valence-corrected chi connectivity index (χ2v) is 14.4. The number of sulfonamides is 1. The van der Waals surface area contributed by atoms with E-state index in [0.29, 0.717) is 49.6 Å². The Kier molecular flexibility index (Phi) is 10.2. The molecule has 1 amide bonds. The predicted molar refractivity (Wildman–Crippen MR) is 172 cm³/mol. The molecule has 3 atom stereocenters. The predicted octanol–water partition coefficient (Wildman–Crippen LogP) is 6.06. The summed E-state index contributed by atoms with van der Waals surface area (Å²) in [5, 5.41) is 2.82. The largest absolute Gasteiger partial charge is 0.458 e. The molecule has 44 heavy (non-hydrogen) atoms. The molecule has 0 aromatic heterocycles. The van der Waals surface area contributed by atoms with Crippen LogP contribution in [0.4, 0.5) is 5.69 Å². The summed E-state index contributed by atoms with van der Waals surface area (Å²) in [4.78, 5) is 29.0. The van der Waals surface area contributed by atoms with E-state index in [1.165, 1.54) is 22.0 Å². The summed E-state index contributed by atoms with van der Waals surface area (Å²) >= 11 is 0. The van der Waals surface area contributed by atoms with E-state index in [4.69, 9.17) is 4.74 Å². The van der Waals surface area contributed by atoms with Crippen LogP contribution in [-0.2, 0) is 21.3 Å². The van der Waals surface area contributed by atoms with Gasteiger partial charge in [-0.3, -0.25) is 9.69 Å². The maximum atomic E-state index is 13.5. The molecule has 0 bridgehead atoms. The van der Waals surface area contributed by atoms with E-state index in [1.54, 1.807) is 36.4 Å². The first-order valence-corrected chi connectivity index (χ1v) is 17.0. The molecule has 1 aliphatic carbocycles. The summed E-state index contributed by atoms with van der Waals surface area (Å²) in [7, 11) is -3.79. The van der Waals surface area contributed by atoms with E-state index < -0.39 is 21.9 Å². The Balaban J connectivity index is 1.25. The van der Waals surface area contributed by atoms with E-state index in [0.717, 1.165) is 25.8 Å². The van der Waals surface area contributed by atoms with E-state index in [1.807, 2.05) is 18.2 Å². The SMILES string of the molecule is CC(C)[C@@H]1CC[C@H](C)C[C@H]1OC(=O)c1ccccc1NC(=O)c1cccc(S(=O)(=O)N2CCN(Cc3ccccc3)CC2)c1. The van der Waals surface area contributed by atoms with Crippen molar-refractivity contribution in [1.82, 2.24) is 9.21 Å². The molecule has 1 saturated heterocycles. The van der Waals surface area contributed by atoms with Crippen molar-refractivity contribution >= 4 is 27.6 Å². The Morgan fingerprint density at radius 3 is 2.34 bits per heavy atom. The zero-order valence-electron chi connectivity index (χ0n) is 25.8. The number of piperazine rings is 1. The van der Waals surface area contributed by atoms with Crippen molar-refractivity contribution < 1.29 is 22.7 Å². The van der Waals surface area contributed by atoms with Crippen molar-refractivity contribution in [3.05, 3.63) is 95.6 Å². The molecule has 3 aromatic rings. The summed E-state index contributed by atoms with van der Waals surface area (Å²) in [5.41, 5.74) is 1.99. The fraction of sp³-hybridized carbons (Fsp3) is 0.429. The van der Waals surface area contributed by atoms with Gasteiger partial charge in [0.1, 0.15) is 6.10 Å². The van der Waals surface area contributed by atoms with Crippen molar-refractivity contribution in [3.63, 3.8) is 0 Å². The number of amides is 1. The number of carbonyl (C=O) groups is 2. The van der Waals surface area contributed by atoms with Gasteiger partial charge in [-0.15, -0.1) is 0 Å². The number of hydrogen-bond acceptors (Lipinski definition) is 6. The minimum absolute atomic E-state index is 0.0699. The molecule has 1 saturated carbocycles. The molecule has 0 radical (unpaired) electrons. The van der Waals surface area contributed by atoms with E-state index in [9.17, 15) is 18.0 Å². The normalized spacial score (nSPS) is 21.6. The second kappa shape index (κ2) is 14.1. The highest BCUT2D eigenvalue weighted by molar-refractivity contribution is 7.89. The number of nitrogens with one attached hydrogen (secondary N) is 1. The molecule has 1 heterocycles. The zero-order valence-corrected chi connectivity index (χ0v) is 26.6. The highest BCUT2D eigenvalue weighted by Crippen LogP contribution is 2.36. The van der Waals surface area contributed by atoms with Gasteiger partial charge in [-0.2, -0.15) is 4.31 Å². The average molecular weight is 618 g/mol. The lowest BCUT2D eigenvalue weighted by Gasteiger charge is -2.36. The third-order valence-electron chi connectivity index (χ3n) is 8.93. The molecule has 9 heteroatoms. The fourth-order valence-corrected chi connectivity index (χ4v) is 7.80. The topological polar surface area (TPSA) is 96.0 Å². The standard InChI is InChI=1S/C35H43N3O5S/c1-25(2)30-17-16-26(3)22-33(30)43-35(40)31-14-7-8-15-32(31)36-34(39)28-12-9-13-29(23-28)44(41,42)38-20-18-37(19-21-38)24-27-10-5-4-6-11-27/h4-15,23,25-26,30,33H,16-22,24H2,1-3H3,(H,36,39)/t26-,30-,33+/m0/s1. The lowest BCUT2D eigenvalue weighted by molar-refractivity contribution is -0.0173. The molecule has 1 N–H and O–H groups in total. The molecular weight excluding hydrogens is 574 g/mol. The second-order valence-electron chi connectivity index (χ2n) is 12.5. The molecule has 2 fully saturated rings. The number of benzene rings is 3. The molecule has 1 aliphatic heterocycles. The number of rotatable bonds is 9. The molecule has 0 spiro atoms. The number of esters is 1. The quantitative estimate of drug-likeness (QED) is 0.293. The van der Waals surface area contributed by atoms with E-state index in [2.05, 4.69) is 43.1 Å². The van der Waals surface area contributed by atoms with Crippen LogP contribution < -0.4 is 5.32 Å². The number of hydrogen-bond donors (Lipinski definition) is 1. The van der Waals surface area contributed by atoms with Crippen LogP contribution in [0.1, 0.15) is 66.3 Å². The zero-order chi connectivity index (χ0) is 31.3. The number of carbonyl (C=O) groups excluding carboxylic acids is 2. The first-order chi connectivity index (χ1) is 21.1. The van der Waals surface area contributed by atoms with Gasteiger partial charge in [0, 0.05) is 38.3 Å². The van der Waals surface area contributed by atoms with Gasteiger partial charge in [0.25, 0.3) is 5.91 Å². The molecule has 0 unspecified atom stereocenters. The average Bonchev–Trinajstić information content (AvgIpc) is 3.02. The smallest absolute Gasteiger partial charge is 0.340 e. The van der Waals surface area contributed by atoms with Gasteiger partial charge in [0.05, 0.1) is 16.1 Å². The summed E-state index contributed by atoms with van der Waals surface area (Å²) in [6.45, 7) is 9.28. The van der Waals surface area contributed by atoms with E-state index >= 15 is 0 Å². The van der Waals surface area contributed by atoms with Gasteiger partial charge in [-0.25, -0.2) is 13.2 Å². The Morgan fingerprint density at radius 1 is 0.909 bits per heavy atom. The highest BCUT2D eigenvalue weighted by Gasteiger charge is 2.34. The molecule has 8 nitrogen and oxygen atoms in total. The Labute approximate surface area is 261 Å². The van der Waals surface area contributed by atoms with Gasteiger partial charge in [0.15, 0.2) is 0 Å². The van der Waals surface area contributed by atoms with Crippen molar-refractivity contribution in [2.24, 2.45) is 17.8 Å². The number of ether oxygens (including phenoxy) is 1. The minimum Gasteiger partial charge on any atom is -0.458 e. The van der Waals surface area contributed by atoms with Crippen LogP contribution >= 0.6 is 0 Å². The van der Waals surface area contributed by atoms with E-state index in [-0.39, 0.29) is 22.1 Å². The van der Waals surface area contributed by atoms with Crippen molar-refractivity contribution in [3.8, 4) is 0 Å². The highest BCUT2D eigenvalue weighted by atomic mass is 32.2. The number of para-hydroxylation sites is 1. The van der Waals surface area contributed by atoms with Gasteiger partial charge in [-0.05, 0) is 66.5 Å². The maximum absolute atomic E-state index is 13.5. The van der Waals surface area contributed by atoms with Crippen molar-refractivity contribution in [2.45, 2.75) is 57.6 Å². The van der Waals surface area contributed by atoms with Crippen molar-refractivity contribution in [2.75, 3.05) is 31.5 Å². The van der Waals surface area contributed by atoms with Gasteiger partial charge in [0.2, 0.25) is 10.0 Å². The monoisotopic (exact) mass is 617 g/mol. The molecule has 2 aliphatic rings. The van der Waals surface area contributed by atoms with Crippen LogP contribution in [0.25, 0.3) is 0 Å². The van der Waals surface area contributed by atoms with Gasteiger partial charge < -0.3 is 10.1 Å². The lowest BCUT2D eigenvalue weighted by atomic mass is 9.75. The first kappa shape index (κ1) is 31.9. The maximum Gasteiger partial charge on any atom is 0.340 e. The third kappa shape index (κ3) is 7.57. The van der Waals surface area contributed by atoms with Gasteiger partial charge >= 0.3 is 5.97 Å². The Hall–Kier alpha value is -3.53. The third-order valence-corrected chi connectivity index (χ3v) is 10.8. The lowest BCUT2D eigenvalue weighted by Crippen LogP contribution is -2.48. The molecule has 5 rings (SSSR count). The molecular formula is C35H43N3O5S. The fourth-order valence-electron chi connectivity index (χ4n) is 6.33. The van der Waals surface area contributed by atoms with Crippen LogP contribution in [0.3, 0.4) is 0 Å². The minimum atomic E-state index is -3.79. The molecule has 234 valence electrons. The number of nitrogens with zero attached hydrogens (tertiary/aromatic N) is 2. The summed E-state index contributed by atoms with van der Waals surface area (Å²) in [5.74, 6) is 0.222. The summed E-state index contributed by atoms with van der Waals surface area (Å²) < 4.78 is 34.6. The summed E-state index contributed by atoms with van der Waals surface area (Å²) in [6, 6.07) is 23.0. The van der Waals surface area contributed by atoms with Crippen LogP contribution in [0, 0.1) is 17.8 Å². The molecule has 3 aromatic carbocycles. The van der Waals surface area contributed by atoms with Crippen LogP contribution in [0.5, 0.6) is 0 Å². The van der Waals surface area contributed by atoms with Crippen molar-refractivity contribution in [1.29, 1.82) is 0 Å². The Bertz CT molecular complexity index is 1550. The van der Waals surface area contributed by atoms with Gasteiger partial charge in [-0.1, -0.05) is 75.7 Å². The van der Waals surface area contributed by atoms with Crippen LogP contribution in [-0.4, -0.2) is 61.8 Å². The summed E-state index contributed by atoms with van der Waals surface area (Å²) in [6.07, 6.45) is 2.81. The van der Waals surface area contributed by atoms with Crippen LogP contribution in [0.2, 0.25) is 0 Å². The first-order valence-electron chi connectivity index (χ1n) is 15.6. The number of anilines is 1.